The number of aliphatic hydroxyl groups excluding tert-OH is 1. The second kappa shape index (κ2) is 10.3. The first-order chi connectivity index (χ1) is 17.4. The number of piperidine rings is 1. The fourth-order valence-electron chi connectivity index (χ4n) is 4.60. The second-order valence-electron chi connectivity index (χ2n) is 9.02. The first-order valence-electron chi connectivity index (χ1n) is 12.1. The van der Waals surface area contributed by atoms with Crippen LogP contribution in [0.5, 0.6) is 0 Å². The third kappa shape index (κ3) is 4.96. The molecule has 0 saturated carbocycles. The zero-order valence-electron chi connectivity index (χ0n) is 20.0. The summed E-state index contributed by atoms with van der Waals surface area (Å²) in [6, 6.07) is 7.91. The molecule has 10 nitrogen and oxygen atoms in total. The van der Waals surface area contributed by atoms with Crippen LogP contribution in [-0.4, -0.2) is 87.0 Å². The van der Waals surface area contributed by atoms with Crippen LogP contribution in [0.15, 0.2) is 30.3 Å². The zero-order chi connectivity index (χ0) is 25.2. The highest BCUT2D eigenvalue weighted by molar-refractivity contribution is 5.84. The third-order valence-corrected chi connectivity index (χ3v) is 6.54. The van der Waals surface area contributed by atoms with Gasteiger partial charge in [0.25, 0.3) is 6.43 Å². The number of carbonyl (C=O) groups is 1. The van der Waals surface area contributed by atoms with Crippen LogP contribution in [0.2, 0.25) is 0 Å². The van der Waals surface area contributed by atoms with E-state index in [2.05, 4.69) is 20.3 Å². The highest BCUT2D eigenvalue weighted by Gasteiger charge is 2.27. The number of ether oxygens (including phenoxy) is 1. The van der Waals surface area contributed by atoms with E-state index >= 15 is 0 Å². The van der Waals surface area contributed by atoms with Gasteiger partial charge in [0.05, 0.1) is 30.4 Å². The minimum Gasteiger partial charge on any atom is -0.393 e. The van der Waals surface area contributed by atoms with E-state index in [0.717, 1.165) is 0 Å². The summed E-state index contributed by atoms with van der Waals surface area (Å²) in [4.78, 5) is 30.0. The van der Waals surface area contributed by atoms with E-state index in [1.165, 1.54) is 4.57 Å². The van der Waals surface area contributed by atoms with E-state index in [4.69, 9.17) is 4.74 Å². The Balaban J connectivity index is 1.52. The molecule has 1 amide bonds. The zero-order valence-corrected chi connectivity index (χ0v) is 20.0. The van der Waals surface area contributed by atoms with E-state index in [1.54, 1.807) is 42.2 Å². The van der Waals surface area contributed by atoms with Gasteiger partial charge in [0.15, 0.2) is 5.82 Å². The summed E-state index contributed by atoms with van der Waals surface area (Å²) in [6.45, 7) is 4.90. The summed E-state index contributed by atoms with van der Waals surface area (Å²) >= 11 is 0. The van der Waals surface area contributed by atoms with E-state index in [0.29, 0.717) is 69.1 Å². The number of aliphatic hydroxyl groups is 1. The molecule has 2 N–H and O–H groups in total. The fraction of sp³-hybridized carbons (Fsp3) is 0.500. The molecule has 1 aromatic carbocycles. The van der Waals surface area contributed by atoms with E-state index in [9.17, 15) is 18.7 Å². The van der Waals surface area contributed by atoms with E-state index in [1.807, 2.05) is 4.90 Å². The van der Waals surface area contributed by atoms with Crippen molar-refractivity contribution in [3.8, 4) is 5.82 Å². The predicted molar refractivity (Wildman–Crippen MR) is 130 cm³/mol. The molecule has 0 bridgehead atoms. The lowest BCUT2D eigenvalue weighted by molar-refractivity contribution is -0.133. The van der Waals surface area contributed by atoms with Gasteiger partial charge in [-0.15, -0.1) is 0 Å². The van der Waals surface area contributed by atoms with Crippen LogP contribution >= 0.6 is 0 Å². The molecule has 36 heavy (non-hydrogen) atoms. The summed E-state index contributed by atoms with van der Waals surface area (Å²) in [5.41, 5.74) is 0.936. The summed E-state index contributed by atoms with van der Waals surface area (Å²) in [5, 5.41) is 12.8. The van der Waals surface area contributed by atoms with Crippen molar-refractivity contribution in [2.75, 3.05) is 49.6 Å². The number of alkyl halides is 2. The van der Waals surface area contributed by atoms with Gasteiger partial charge in [-0.05, 0) is 31.9 Å². The third-order valence-electron chi connectivity index (χ3n) is 6.54. The number of morpholine rings is 1. The van der Waals surface area contributed by atoms with Crippen molar-refractivity contribution < 1.29 is 23.4 Å². The average molecular weight is 502 g/mol. The van der Waals surface area contributed by atoms with Gasteiger partial charge in [0.1, 0.15) is 17.7 Å². The Kier molecular flexibility index (Phi) is 6.97. The average Bonchev–Trinajstić information content (AvgIpc) is 3.29. The van der Waals surface area contributed by atoms with Crippen LogP contribution in [0, 0.1) is 0 Å². The Bertz CT molecular complexity index is 1220. The number of fused-ring (bicyclic) bond motifs is 1. The second-order valence-corrected chi connectivity index (χ2v) is 9.02. The van der Waals surface area contributed by atoms with Crippen LogP contribution in [0.3, 0.4) is 0 Å². The summed E-state index contributed by atoms with van der Waals surface area (Å²) in [5.74, 6) is 0.392. The Hall–Kier alpha value is -3.38. The minimum absolute atomic E-state index is 0.134. The van der Waals surface area contributed by atoms with Gasteiger partial charge in [0.2, 0.25) is 11.9 Å². The monoisotopic (exact) mass is 501 g/mol. The molecule has 0 spiro atoms. The number of para-hydroxylation sites is 2. The largest absolute Gasteiger partial charge is 0.393 e. The number of halogens is 2. The smallest absolute Gasteiger partial charge is 0.296 e. The maximum Gasteiger partial charge on any atom is 0.296 e. The van der Waals surface area contributed by atoms with Gasteiger partial charge in [0, 0.05) is 32.2 Å². The molecule has 192 valence electrons. The molecule has 5 rings (SSSR count). The molecule has 4 heterocycles. The maximum atomic E-state index is 14.0. The van der Waals surface area contributed by atoms with Crippen molar-refractivity contribution in [3.05, 3.63) is 36.2 Å². The normalized spacial score (nSPS) is 18.1. The highest BCUT2D eigenvalue weighted by atomic mass is 19.3. The number of nitrogens with zero attached hydrogens (tertiary/aromatic N) is 6. The van der Waals surface area contributed by atoms with Gasteiger partial charge in [-0.1, -0.05) is 12.1 Å². The minimum atomic E-state index is -2.81. The summed E-state index contributed by atoms with van der Waals surface area (Å²) in [6.07, 6.45) is -2.13. The van der Waals surface area contributed by atoms with Gasteiger partial charge in [-0.3, -0.25) is 9.36 Å². The number of carbonyl (C=O) groups excluding carboxylic acids is 1. The van der Waals surface area contributed by atoms with Crippen LogP contribution < -0.4 is 10.2 Å². The fourth-order valence-corrected chi connectivity index (χ4v) is 4.60. The molecular formula is C24H29F2N7O3. The molecule has 3 aromatic rings. The molecule has 0 unspecified atom stereocenters. The molecule has 2 aliphatic heterocycles. The quantitative estimate of drug-likeness (QED) is 0.530. The van der Waals surface area contributed by atoms with Gasteiger partial charge < -0.3 is 25.0 Å². The Morgan fingerprint density at radius 3 is 2.50 bits per heavy atom. The molecule has 0 radical (unpaired) electrons. The standard InChI is InChI=1S/C24H29F2N7O3/c1-15(23(35)32-8-6-16(34)7-9-32)27-24-29-19(31-10-12-36-13-11-31)14-20(30-24)33-18-5-3-2-4-17(18)28-22(33)21(25)26/h2-5,14-16,21,34H,6-13H2,1H3,(H,27,29,30)/t15-/m0/s1. The molecule has 2 aliphatic rings. The van der Waals surface area contributed by atoms with Gasteiger partial charge in [-0.2, -0.15) is 9.97 Å². The summed E-state index contributed by atoms with van der Waals surface area (Å²) in [7, 11) is 0. The maximum absolute atomic E-state index is 14.0. The number of hydrogen-bond donors (Lipinski definition) is 2. The number of amides is 1. The number of rotatable bonds is 6. The molecule has 2 aromatic heterocycles. The van der Waals surface area contributed by atoms with E-state index in [-0.39, 0.29) is 23.8 Å². The molecule has 12 heteroatoms. The molecule has 0 aliphatic carbocycles. The molecule has 1 atom stereocenters. The number of aromatic nitrogens is 4. The SMILES string of the molecule is C[C@H](Nc1nc(N2CCOCC2)cc(-n2c(C(F)F)nc3ccccc32)n1)C(=O)N1CCC(O)CC1. The first kappa shape index (κ1) is 24.3. The van der Waals surface area contributed by atoms with Gasteiger partial charge >= 0.3 is 0 Å². The number of likely N-dealkylation sites (tertiary alicyclic amines) is 1. The van der Waals surface area contributed by atoms with Crippen molar-refractivity contribution in [1.29, 1.82) is 0 Å². The van der Waals surface area contributed by atoms with E-state index < -0.39 is 18.3 Å². The van der Waals surface area contributed by atoms with Crippen molar-refractivity contribution in [3.63, 3.8) is 0 Å². The number of benzene rings is 1. The molecular weight excluding hydrogens is 472 g/mol. The van der Waals surface area contributed by atoms with Crippen molar-refractivity contribution in [1.82, 2.24) is 24.4 Å². The number of anilines is 2. The number of nitrogens with one attached hydrogen (secondary N) is 1. The number of hydrogen-bond acceptors (Lipinski definition) is 8. The van der Waals surface area contributed by atoms with Crippen LogP contribution in [-0.2, 0) is 9.53 Å². The highest BCUT2D eigenvalue weighted by Crippen LogP contribution is 2.29. The topological polar surface area (TPSA) is 109 Å². The van der Waals surface area contributed by atoms with Crippen molar-refractivity contribution >= 4 is 28.7 Å². The lowest BCUT2D eigenvalue weighted by atomic mass is 10.1. The van der Waals surface area contributed by atoms with Crippen LogP contribution in [0.25, 0.3) is 16.9 Å². The Morgan fingerprint density at radius 2 is 1.78 bits per heavy atom. The lowest BCUT2D eigenvalue weighted by Gasteiger charge is -2.32. The van der Waals surface area contributed by atoms with Crippen molar-refractivity contribution in [2.45, 2.75) is 38.3 Å². The summed E-state index contributed by atoms with van der Waals surface area (Å²) < 4.78 is 34.8. The van der Waals surface area contributed by atoms with Gasteiger partial charge in [-0.25, -0.2) is 13.8 Å². The van der Waals surface area contributed by atoms with Crippen LogP contribution in [0.1, 0.15) is 32.0 Å². The first-order valence-corrected chi connectivity index (χ1v) is 12.1. The lowest BCUT2D eigenvalue weighted by Crippen LogP contribution is -2.46. The molecule has 2 fully saturated rings. The Labute approximate surface area is 206 Å². The molecule has 2 saturated heterocycles. The van der Waals surface area contributed by atoms with Crippen LogP contribution in [0.4, 0.5) is 20.5 Å². The van der Waals surface area contributed by atoms with Crippen molar-refractivity contribution in [2.24, 2.45) is 0 Å². The predicted octanol–water partition coefficient (Wildman–Crippen LogP) is 2.37. The Morgan fingerprint density at radius 1 is 1.08 bits per heavy atom. The number of imidazole rings is 1.